The first-order valence-corrected chi connectivity index (χ1v) is 6.52. The van der Waals surface area contributed by atoms with Crippen molar-refractivity contribution in [1.29, 1.82) is 0 Å². The average molecular weight is 251 g/mol. The first kappa shape index (κ1) is 15.0. The lowest BCUT2D eigenvalue weighted by molar-refractivity contribution is -0.0251. The molecule has 0 bridgehead atoms. The summed E-state index contributed by atoms with van der Waals surface area (Å²) < 4.78 is 11.3. The molecule has 1 aromatic rings. The molecule has 3 nitrogen and oxygen atoms in total. The standard InChI is InChI=1S/C15H25NO2/c1-11(2)12(3)18-15(10-16-4)13-6-8-14(17-5)9-7-13/h6-9,11-12,15-16H,10H2,1-5H3. The molecule has 1 rings (SSSR count). The maximum Gasteiger partial charge on any atom is 0.118 e. The second kappa shape index (κ2) is 7.39. The van der Waals surface area contributed by atoms with Gasteiger partial charge in [-0.1, -0.05) is 26.0 Å². The zero-order valence-corrected chi connectivity index (χ0v) is 12.1. The highest BCUT2D eigenvalue weighted by atomic mass is 16.5. The first-order chi connectivity index (χ1) is 8.58. The number of likely N-dealkylation sites (N-methyl/N-ethyl adjacent to an activating group) is 1. The average Bonchev–Trinajstić information content (AvgIpc) is 2.38. The zero-order chi connectivity index (χ0) is 13.5. The second-order valence-electron chi connectivity index (χ2n) is 4.90. The minimum atomic E-state index is 0.0818. The van der Waals surface area contributed by atoms with Crippen LogP contribution in [0.5, 0.6) is 5.75 Å². The van der Waals surface area contributed by atoms with Gasteiger partial charge < -0.3 is 14.8 Å². The molecular weight excluding hydrogens is 226 g/mol. The summed E-state index contributed by atoms with van der Waals surface area (Å²) in [7, 11) is 3.62. The van der Waals surface area contributed by atoms with Crippen molar-refractivity contribution in [1.82, 2.24) is 5.32 Å². The molecule has 1 aromatic carbocycles. The number of methoxy groups -OCH3 is 1. The highest BCUT2D eigenvalue weighted by Crippen LogP contribution is 2.23. The third-order valence-corrected chi connectivity index (χ3v) is 3.19. The SMILES string of the molecule is CNCC(OC(C)C(C)C)c1ccc(OC)cc1. The van der Waals surface area contributed by atoms with Crippen LogP contribution in [0.1, 0.15) is 32.4 Å². The molecule has 0 fully saturated rings. The summed E-state index contributed by atoms with van der Waals surface area (Å²) in [5.41, 5.74) is 1.18. The van der Waals surface area contributed by atoms with Crippen LogP contribution in [-0.4, -0.2) is 26.8 Å². The molecule has 0 aliphatic carbocycles. The van der Waals surface area contributed by atoms with E-state index in [-0.39, 0.29) is 12.2 Å². The van der Waals surface area contributed by atoms with E-state index in [0.717, 1.165) is 12.3 Å². The Kier molecular flexibility index (Phi) is 6.16. The van der Waals surface area contributed by atoms with Crippen molar-refractivity contribution in [3.63, 3.8) is 0 Å². The van der Waals surface area contributed by atoms with Crippen molar-refractivity contribution in [3.05, 3.63) is 29.8 Å². The van der Waals surface area contributed by atoms with Crippen LogP contribution in [0.4, 0.5) is 0 Å². The Morgan fingerprint density at radius 3 is 2.17 bits per heavy atom. The van der Waals surface area contributed by atoms with Gasteiger partial charge >= 0.3 is 0 Å². The molecule has 0 aliphatic rings. The van der Waals surface area contributed by atoms with Gasteiger partial charge in [0.05, 0.1) is 19.3 Å². The molecule has 0 heterocycles. The van der Waals surface area contributed by atoms with E-state index in [1.54, 1.807) is 7.11 Å². The van der Waals surface area contributed by atoms with Crippen molar-refractivity contribution in [2.75, 3.05) is 20.7 Å². The first-order valence-electron chi connectivity index (χ1n) is 6.52. The predicted octanol–water partition coefficient (Wildman–Crippen LogP) is 3.02. The van der Waals surface area contributed by atoms with Gasteiger partial charge in [0.1, 0.15) is 5.75 Å². The van der Waals surface area contributed by atoms with E-state index in [9.17, 15) is 0 Å². The molecule has 3 heteroatoms. The molecule has 0 saturated heterocycles. The Morgan fingerprint density at radius 1 is 1.11 bits per heavy atom. The molecule has 0 radical (unpaired) electrons. The summed E-state index contributed by atoms with van der Waals surface area (Å²) in [4.78, 5) is 0. The van der Waals surface area contributed by atoms with E-state index >= 15 is 0 Å². The second-order valence-corrected chi connectivity index (χ2v) is 4.90. The molecule has 1 N–H and O–H groups in total. The maximum absolute atomic E-state index is 6.11. The van der Waals surface area contributed by atoms with Gasteiger partial charge in [0.25, 0.3) is 0 Å². The third kappa shape index (κ3) is 4.31. The van der Waals surface area contributed by atoms with Crippen molar-refractivity contribution in [3.8, 4) is 5.75 Å². The Balaban J connectivity index is 2.76. The van der Waals surface area contributed by atoms with Crippen LogP contribution in [0.2, 0.25) is 0 Å². The lowest BCUT2D eigenvalue weighted by atomic mass is 10.1. The van der Waals surface area contributed by atoms with E-state index in [1.807, 2.05) is 19.2 Å². The van der Waals surface area contributed by atoms with Crippen molar-refractivity contribution in [2.24, 2.45) is 5.92 Å². The lowest BCUT2D eigenvalue weighted by Gasteiger charge is -2.25. The van der Waals surface area contributed by atoms with Gasteiger partial charge in [-0.3, -0.25) is 0 Å². The summed E-state index contributed by atoms with van der Waals surface area (Å²) in [6, 6.07) is 8.07. The minimum absolute atomic E-state index is 0.0818. The van der Waals surface area contributed by atoms with E-state index in [1.165, 1.54) is 5.56 Å². The smallest absolute Gasteiger partial charge is 0.118 e. The van der Waals surface area contributed by atoms with Crippen molar-refractivity contribution in [2.45, 2.75) is 33.0 Å². The summed E-state index contributed by atoms with van der Waals surface area (Å²) in [5.74, 6) is 1.39. The number of rotatable bonds is 7. The van der Waals surface area contributed by atoms with Crippen molar-refractivity contribution >= 4 is 0 Å². The molecule has 0 saturated carbocycles. The van der Waals surface area contributed by atoms with E-state index < -0.39 is 0 Å². The van der Waals surface area contributed by atoms with Gasteiger partial charge in [-0.2, -0.15) is 0 Å². The molecular formula is C15H25NO2. The van der Waals surface area contributed by atoms with Gasteiger partial charge in [-0.15, -0.1) is 0 Å². The van der Waals surface area contributed by atoms with E-state index in [2.05, 4.69) is 38.2 Å². The number of hydrogen-bond donors (Lipinski definition) is 1. The highest BCUT2D eigenvalue weighted by molar-refractivity contribution is 5.28. The third-order valence-electron chi connectivity index (χ3n) is 3.19. The fourth-order valence-electron chi connectivity index (χ4n) is 1.66. The number of benzene rings is 1. The van der Waals surface area contributed by atoms with E-state index in [4.69, 9.17) is 9.47 Å². The van der Waals surface area contributed by atoms with Crippen LogP contribution in [0.3, 0.4) is 0 Å². The van der Waals surface area contributed by atoms with Gasteiger partial charge in [0.15, 0.2) is 0 Å². The summed E-state index contributed by atoms with van der Waals surface area (Å²) >= 11 is 0. The Labute approximate surface area is 110 Å². The molecule has 2 atom stereocenters. The topological polar surface area (TPSA) is 30.5 Å². The molecule has 0 aromatic heterocycles. The van der Waals surface area contributed by atoms with Gasteiger partial charge in [-0.05, 0) is 37.6 Å². The molecule has 102 valence electrons. The van der Waals surface area contributed by atoms with Gasteiger partial charge in [0, 0.05) is 6.54 Å². The molecule has 0 spiro atoms. The summed E-state index contributed by atoms with van der Waals surface area (Å²) in [6.07, 6.45) is 0.323. The lowest BCUT2D eigenvalue weighted by Crippen LogP contribution is -2.25. The highest BCUT2D eigenvalue weighted by Gasteiger charge is 2.17. The van der Waals surface area contributed by atoms with Gasteiger partial charge in [0.2, 0.25) is 0 Å². The quantitative estimate of drug-likeness (QED) is 0.808. The van der Waals surface area contributed by atoms with Crippen LogP contribution in [0, 0.1) is 5.92 Å². The normalized spacial score (nSPS) is 14.6. The number of nitrogens with one attached hydrogen (secondary N) is 1. The molecule has 0 aliphatic heterocycles. The fraction of sp³-hybridized carbons (Fsp3) is 0.600. The Bertz CT molecular complexity index is 335. The van der Waals surface area contributed by atoms with Crippen LogP contribution in [0.15, 0.2) is 24.3 Å². The van der Waals surface area contributed by atoms with E-state index in [0.29, 0.717) is 5.92 Å². The largest absolute Gasteiger partial charge is 0.497 e. The Hall–Kier alpha value is -1.06. The number of hydrogen-bond acceptors (Lipinski definition) is 3. The monoisotopic (exact) mass is 251 g/mol. The number of ether oxygens (including phenoxy) is 2. The summed E-state index contributed by atoms with van der Waals surface area (Å²) in [5, 5.41) is 3.18. The predicted molar refractivity (Wildman–Crippen MR) is 75.0 cm³/mol. The summed E-state index contributed by atoms with van der Waals surface area (Å²) in [6.45, 7) is 7.28. The molecule has 0 amide bonds. The molecule has 2 unspecified atom stereocenters. The van der Waals surface area contributed by atoms with Gasteiger partial charge in [-0.25, -0.2) is 0 Å². The van der Waals surface area contributed by atoms with Crippen LogP contribution in [0.25, 0.3) is 0 Å². The van der Waals surface area contributed by atoms with Crippen LogP contribution in [-0.2, 0) is 4.74 Å². The zero-order valence-electron chi connectivity index (χ0n) is 12.1. The minimum Gasteiger partial charge on any atom is -0.497 e. The van der Waals surface area contributed by atoms with Crippen molar-refractivity contribution < 1.29 is 9.47 Å². The fourth-order valence-corrected chi connectivity index (χ4v) is 1.66. The molecule has 18 heavy (non-hydrogen) atoms. The van der Waals surface area contributed by atoms with Crippen LogP contribution < -0.4 is 10.1 Å². The maximum atomic E-state index is 6.11. The van der Waals surface area contributed by atoms with Crippen LogP contribution >= 0.6 is 0 Å². The Morgan fingerprint density at radius 2 is 1.72 bits per heavy atom.